The van der Waals surface area contributed by atoms with Gasteiger partial charge in [0.05, 0.1) is 0 Å². The van der Waals surface area contributed by atoms with E-state index >= 15 is 0 Å². The molecular weight excluding hydrogens is 274 g/mol. The predicted molar refractivity (Wildman–Crippen MR) is 71.7 cm³/mol. The largest absolute Gasteiger partial charge is 0.384 e. The van der Waals surface area contributed by atoms with Crippen LogP contribution in [0.15, 0.2) is 36.4 Å². The lowest BCUT2D eigenvalue weighted by atomic mass is 9.97. The molecule has 1 N–H and O–H groups in total. The molecule has 0 aliphatic heterocycles. The zero-order valence-corrected chi connectivity index (χ0v) is 11.1. The van der Waals surface area contributed by atoms with E-state index in [9.17, 15) is 9.50 Å². The second-order valence-corrected chi connectivity index (χ2v) is 4.98. The molecule has 0 saturated carbocycles. The lowest BCUT2D eigenvalue weighted by Gasteiger charge is -2.15. The summed E-state index contributed by atoms with van der Waals surface area (Å²) < 4.78 is 13.0. The summed E-state index contributed by atoms with van der Waals surface area (Å²) in [7, 11) is 0. The van der Waals surface area contributed by atoms with E-state index in [1.54, 1.807) is 31.2 Å². The standard InChI is InChI=1S/C14H11Cl2FO/c1-8-4-12(17)2-3-13(8)14(18)9-5-10(15)7-11(16)6-9/h2-7,14,18H,1H3. The third kappa shape index (κ3) is 2.83. The van der Waals surface area contributed by atoms with Gasteiger partial charge in [-0.05, 0) is 53.9 Å². The highest BCUT2D eigenvalue weighted by Crippen LogP contribution is 2.29. The molecule has 0 fully saturated rings. The van der Waals surface area contributed by atoms with Crippen molar-refractivity contribution in [2.24, 2.45) is 0 Å². The first-order chi connectivity index (χ1) is 8.47. The van der Waals surface area contributed by atoms with Crippen LogP contribution in [0.4, 0.5) is 4.39 Å². The highest BCUT2D eigenvalue weighted by atomic mass is 35.5. The predicted octanol–water partition coefficient (Wildman–Crippen LogP) is 4.52. The Morgan fingerprint density at radius 3 is 2.22 bits per heavy atom. The number of hydrogen-bond acceptors (Lipinski definition) is 1. The fraction of sp³-hybridized carbons (Fsp3) is 0.143. The molecule has 1 nitrogen and oxygen atoms in total. The topological polar surface area (TPSA) is 20.2 Å². The molecule has 4 heteroatoms. The van der Waals surface area contributed by atoms with Crippen molar-refractivity contribution < 1.29 is 9.50 Å². The third-order valence-corrected chi connectivity index (χ3v) is 3.16. The van der Waals surface area contributed by atoms with Crippen LogP contribution in [-0.2, 0) is 0 Å². The van der Waals surface area contributed by atoms with Gasteiger partial charge in [-0.2, -0.15) is 0 Å². The molecule has 0 aliphatic rings. The molecule has 2 rings (SSSR count). The van der Waals surface area contributed by atoms with Crippen LogP contribution in [-0.4, -0.2) is 5.11 Å². The van der Waals surface area contributed by atoms with E-state index in [2.05, 4.69) is 0 Å². The molecule has 2 aromatic carbocycles. The molecule has 94 valence electrons. The molecule has 18 heavy (non-hydrogen) atoms. The van der Waals surface area contributed by atoms with Crippen LogP contribution in [0.1, 0.15) is 22.8 Å². The van der Waals surface area contributed by atoms with Gasteiger partial charge in [0, 0.05) is 10.0 Å². The normalized spacial score (nSPS) is 12.5. The monoisotopic (exact) mass is 284 g/mol. The highest BCUT2D eigenvalue weighted by Gasteiger charge is 2.14. The van der Waals surface area contributed by atoms with Gasteiger partial charge in [-0.25, -0.2) is 4.39 Å². The zero-order chi connectivity index (χ0) is 13.3. The summed E-state index contributed by atoms with van der Waals surface area (Å²) in [4.78, 5) is 0. The quantitative estimate of drug-likeness (QED) is 0.860. The number of halogens is 3. The number of hydrogen-bond donors (Lipinski definition) is 1. The Labute approximate surface area is 115 Å². The SMILES string of the molecule is Cc1cc(F)ccc1C(O)c1cc(Cl)cc(Cl)c1. The van der Waals surface area contributed by atoms with Crippen LogP contribution in [0.2, 0.25) is 10.0 Å². The van der Waals surface area contributed by atoms with Gasteiger partial charge in [0.2, 0.25) is 0 Å². The molecule has 0 spiro atoms. The summed E-state index contributed by atoms with van der Waals surface area (Å²) in [5, 5.41) is 11.2. The highest BCUT2D eigenvalue weighted by molar-refractivity contribution is 6.34. The fourth-order valence-corrected chi connectivity index (χ4v) is 2.40. The van der Waals surface area contributed by atoms with Crippen molar-refractivity contribution in [3.63, 3.8) is 0 Å². The number of benzene rings is 2. The molecule has 0 radical (unpaired) electrons. The zero-order valence-electron chi connectivity index (χ0n) is 9.62. The van der Waals surface area contributed by atoms with E-state index in [-0.39, 0.29) is 5.82 Å². The number of aryl methyl sites for hydroxylation is 1. The van der Waals surface area contributed by atoms with Crippen molar-refractivity contribution in [2.75, 3.05) is 0 Å². The van der Waals surface area contributed by atoms with Gasteiger partial charge in [0.15, 0.2) is 0 Å². The molecule has 0 saturated heterocycles. The summed E-state index contributed by atoms with van der Waals surface area (Å²) in [5.74, 6) is -0.326. The molecule has 0 amide bonds. The smallest absolute Gasteiger partial charge is 0.123 e. The van der Waals surface area contributed by atoms with Crippen molar-refractivity contribution in [1.82, 2.24) is 0 Å². The molecule has 0 aliphatic carbocycles. The average molecular weight is 285 g/mol. The molecule has 2 aromatic rings. The summed E-state index contributed by atoms with van der Waals surface area (Å²) in [6.07, 6.45) is -0.873. The van der Waals surface area contributed by atoms with Crippen molar-refractivity contribution in [1.29, 1.82) is 0 Å². The minimum Gasteiger partial charge on any atom is -0.384 e. The Hall–Kier alpha value is -1.09. The van der Waals surface area contributed by atoms with Crippen molar-refractivity contribution in [3.8, 4) is 0 Å². The van der Waals surface area contributed by atoms with Gasteiger partial charge >= 0.3 is 0 Å². The minimum atomic E-state index is -0.873. The molecule has 0 heterocycles. The van der Waals surface area contributed by atoms with Gasteiger partial charge in [-0.1, -0.05) is 29.3 Å². The van der Waals surface area contributed by atoms with Gasteiger partial charge in [0.25, 0.3) is 0 Å². The number of rotatable bonds is 2. The van der Waals surface area contributed by atoms with E-state index in [4.69, 9.17) is 23.2 Å². The van der Waals surface area contributed by atoms with Crippen molar-refractivity contribution in [2.45, 2.75) is 13.0 Å². The van der Waals surface area contributed by atoms with Crippen LogP contribution in [0.3, 0.4) is 0 Å². The van der Waals surface area contributed by atoms with E-state index in [1.807, 2.05) is 0 Å². The molecule has 0 aromatic heterocycles. The van der Waals surface area contributed by atoms with Gasteiger partial charge in [-0.3, -0.25) is 0 Å². The average Bonchev–Trinajstić information content (AvgIpc) is 2.26. The summed E-state index contributed by atoms with van der Waals surface area (Å²) in [6.45, 7) is 1.74. The van der Waals surface area contributed by atoms with Crippen molar-refractivity contribution in [3.05, 3.63) is 69.0 Å². The second kappa shape index (κ2) is 5.27. The molecular formula is C14H11Cl2FO. The first-order valence-corrected chi connectivity index (χ1v) is 6.13. The summed E-state index contributed by atoms with van der Waals surface area (Å²) >= 11 is 11.8. The maximum atomic E-state index is 13.0. The lowest BCUT2D eigenvalue weighted by Crippen LogP contribution is -2.02. The Morgan fingerprint density at radius 2 is 1.67 bits per heavy atom. The Balaban J connectivity index is 2.44. The van der Waals surface area contributed by atoms with Crippen LogP contribution < -0.4 is 0 Å². The minimum absolute atomic E-state index is 0.326. The first kappa shape index (κ1) is 13.3. The second-order valence-electron chi connectivity index (χ2n) is 4.11. The Morgan fingerprint density at radius 1 is 1.06 bits per heavy atom. The Bertz CT molecular complexity index is 564. The molecule has 1 unspecified atom stereocenters. The molecule has 0 bridgehead atoms. The van der Waals surface area contributed by atoms with Gasteiger partial charge < -0.3 is 5.11 Å². The van der Waals surface area contributed by atoms with Gasteiger partial charge in [0.1, 0.15) is 11.9 Å². The maximum Gasteiger partial charge on any atom is 0.123 e. The van der Waals surface area contributed by atoms with E-state index in [1.165, 1.54) is 12.1 Å². The maximum absolute atomic E-state index is 13.0. The fourth-order valence-electron chi connectivity index (χ4n) is 1.86. The van der Waals surface area contributed by atoms with Crippen LogP contribution in [0.5, 0.6) is 0 Å². The van der Waals surface area contributed by atoms with E-state index < -0.39 is 6.10 Å². The lowest BCUT2D eigenvalue weighted by molar-refractivity contribution is 0.219. The van der Waals surface area contributed by atoms with Crippen LogP contribution in [0.25, 0.3) is 0 Å². The van der Waals surface area contributed by atoms with E-state index in [0.29, 0.717) is 26.7 Å². The summed E-state index contributed by atoms with van der Waals surface area (Å²) in [6, 6.07) is 9.13. The number of aliphatic hydroxyl groups is 1. The van der Waals surface area contributed by atoms with Crippen LogP contribution >= 0.6 is 23.2 Å². The Kier molecular flexibility index (Phi) is 3.91. The van der Waals surface area contributed by atoms with E-state index in [0.717, 1.165) is 0 Å². The first-order valence-electron chi connectivity index (χ1n) is 5.37. The number of aliphatic hydroxyl groups excluding tert-OH is 1. The molecule has 1 atom stereocenters. The van der Waals surface area contributed by atoms with Crippen LogP contribution in [0, 0.1) is 12.7 Å². The van der Waals surface area contributed by atoms with Crippen molar-refractivity contribution >= 4 is 23.2 Å². The van der Waals surface area contributed by atoms with Gasteiger partial charge in [-0.15, -0.1) is 0 Å². The summed E-state index contributed by atoms with van der Waals surface area (Å²) in [5.41, 5.74) is 1.90. The third-order valence-electron chi connectivity index (χ3n) is 2.73.